The minimum atomic E-state index is 0.0606. The van der Waals surface area contributed by atoms with Crippen LogP contribution in [-0.2, 0) is 0 Å². The number of pyridine rings is 2. The van der Waals surface area contributed by atoms with Crippen LogP contribution in [0, 0.1) is 0 Å². The van der Waals surface area contributed by atoms with Crippen molar-refractivity contribution in [3.05, 3.63) is 60.2 Å². The van der Waals surface area contributed by atoms with Gasteiger partial charge in [0.1, 0.15) is 6.04 Å². The zero-order chi connectivity index (χ0) is 14.2. The number of rotatable bonds is 2. The predicted octanol–water partition coefficient (Wildman–Crippen LogP) is 3.07. The molecular weight excluding hydrogens is 280 g/mol. The van der Waals surface area contributed by atoms with Crippen LogP contribution in [0.2, 0.25) is 0 Å². The van der Waals surface area contributed by atoms with E-state index in [9.17, 15) is 0 Å². The molecule has 3 atom stereocenters. The molecule has 2 aliphatic rings. The third-order valence-corrected chi connectivity index (χ3v) is 5.01. The third-order valence-electron chi connectivity index (χ3n) is 3.91. The Morgan fingerprint density at radius 2 is 2.14 bits per heavy atom. The fourth-order valence-corrected chi connectivity index (χ4v) is 4.12. The maximum atomic E-state index is 4.94. The second kappa shape index (κ2) is 5.15. The van der Waals surface area contributed by atoms with Crippen LogP contribution in [0.15, 0.2) is 53.9 Å². The van der Waals surface area contributed by atoms with Crippen molar-refractivity contribution in [2.45, 2.75) is 24.3 Å². The van der Waals surface area contributed by atoms with Crippen molar-refractivity contribution >= 4 is 16.9 Å². The molecule has 0 amide bonds. The lowest BCUT2D eigenvalue weighted by atomic mass is 9.98. The summed E-state index contributed by atoms with van der Waals surface area (Å²) in [7, 11) is 0. The molecule has 0 spiro atoms. The molecule has 4 heterocycles. The van der Waals surface area contributed by atoms with E-state index in [2.05, 4.69) is 33.9 Å². The Kier molecular flexibility index (Phi) is 3.15. The van der Waals surface area contributed by atoms with Crippen LogP contribution < -0.4 is 0 Å². The van der Waals surface area contributed by atoms with Gasteiger partial charge in [0.15, 0.2) is 5.17 Å². The highest BCUT2D eigenvalue weighted by molar-refractivity contribution is 8.14. The number of fused-ring (bicyclic) bond motifs is 1. The average molecular weight is 296 g/mol. The maximum absolute atomic E-state index is 4.94. The maximum Gasteiger partial charge on any atom is 0.160 e. The Morgan fingerprint density at radius 1 is 1.19 bits per heavy atom. The number of hydrogen-bond acceptors (Lipinski definition) is 5. The fourth-order valence-electron chi connectivity index (χ4n) is 3.03. The highest BCUT2D eigenvalue weighted by atomic mass is 32.2. The summed E-state index contributed by atoms with van der Waals surface area (Å²) >= 11 is 1.86. The van der Waals surface area contributed by atoms with Gasteiger partial charge < -0.3 is 4.90 Å². The largest absolute Gasteiger partial charge is 0.341 e. The van der Waals surface area contributed by atoms with Crippen molar-refractivity contribution < 1.29 is 0 Å². The van der Waals surface area contributed by atoms with Crippen molar-refractivity contribution in [1.82, 2.24) is 14.9 Å². The summed E-state index contributed by atoms with van der Waals surface area (Å²) in [6.45, 7) is 3.29. The average Bonchev–Trinajstić information content (AvgIpc) is 3.05. The van der Waals surface area contributed by atoms with Gasteiger partial charge in [0.25, 0.3) is 0 Å². The first-order valence-corrected chi connectivity index (χ1v) is 8.03. The minimum absolute atomic E-state index is 0.0606. The topological polar surface area (TPSA) is 41.4 Å². The van der Waals surface area contributed by atoms with Crippen LogP contribution in [0.5, 0.6) is 0 Å². The SMILES string of the molecule is C[C@@H]1CN2C(=N[C@H](c3ccccn3)[C@H]2c2cccnc2)S1. The molecule has 1 fully saturated rings. The van der Waals surface area contributed by atoms with E-state index in [4.69, 9.17) is 4.99 Å². The van der Waals surface area contributed by atoms with Gasteiger partial charge in [-0.25, -0.2) is 0 Å². The third kappa shape index (κ3) is 2.21. The molecule has 0 N–H and O–H groups in total. The smallest absolute Gasteiger partial charge is 0.160 e. The van der Waals surface area contributed by atoms with Crippen LogP contribution in [0.3, 0.4) is 0 Å². The summed E-state index contributed by atoms with van der Waals surface area (Å²) in [5.41, 5.74) is 2.24. The van der Waals surface area contributed by atoms with E-state index in [-0.39, 0.29) is 12.1 Å². The molecule has 2 aromatic heterocycles. The molecule has 4 nitrogen and oxygen atoms in total. The van der Waals surface area contributed by atoms with E-state index in [1.165, 1.54) is 5.56 Å². The number of aromatic nitrogens is 2. The first-order valence-electron chi connectivity index (χ1n) is 7.15. The zero-order valence-corrected chi connectivity index (χ0v) is 12.6. The molecule has 0 saturated carbocycles. The Bertz CT molecular complexity index is 658. The molecule has 0 aliphatic carbocycles. The molecule has 2 aromatic rings. The van der Waals surface area contributed by atoms with Crippen molar-refractivity contribution in [1.29, 1.82) is 0 Å². The lowest BCUT2D eigenvalue weighted by Gasteiger charge is -2.26. The van der Waals surface area contributed by atoms with E-state index < -0.39 is 0 Å². The molecule has 106 valence electrons. The molecule has 0 unspecified atom stereocenters. The van der Waals surface area contributed by atoms with E-state index in [1.807, 2.05) is 48.6 Å². The van der Waals surface area contributed by atoms with E-state index >= 15 is 0 Å². The standard InChI is InChI=1S/C16H16N4S/c1-11-10-20-15(12-5-4-7-17-9-12)14(19-16(20)21-11)13-6-2-3-8-18-13/h2-9,11,14-15H,10H2,1H3/t11-,14-,15-/m1/s1. The number of hydrogen-bond donors (Lipinski definition) is 0. The van der Waals surface area contributed by atoms with Gasteiger partial charge in [0, 0.05) is 30.4 Å². The lowest BCUT2D eigenvalue weighted by Crippen LogP contribution is -2.28. The second-order valence-electron chi connectivity index (χ2n) is 5.42. The highest BCUT2D eigenvalue weighted by Crippen LogP contribution is 2.47. The summed E-state index contributed by atoms with van der Waals surface area (Å²) in [6, 6.07) is 10.4. The summed E-state index contributed by atoms with van der Waals surface area (Å²) in [5.74, 6) is 0. The van der Waals surface area contributed by atoms with Crippen LogP contribution in [0.1, 0.15) is 30.3 Å². The van der Waals surface area contributed by atoms with Gasteiger partial charge in [-0.3, -0.25) is 15.0 Å². The second-order valence-corrected chi connectivity index (χ2v) is 6.83. The van der Waals surface area contributed by atoms with Crippen molar-refractivity contribution in [3.63, 3.8) is 0 Å². The molecule has 2 aliphatic heterocycles. The molecule has 0 aromatic carbocycles. The molecule has 1 saturated heterocycles. The zero-order valence-electron chi connectivity index (χ0n) is 11.8. The van der Waals surface area contributed by atoms with Gasteiger partial charge in [-0.1, -0.05) is 30.8 Å². The summed E-state index contributed by atoms with van der Waals surface area (Å²) < 4.78 is 0. The van der Waals surface area contributed by atoms with E-state index in [1.54, 1.807) is 0 Å². The fraction of sp³-hybridized carbons (Fsp3) is 0.312. The molecule has 5 heteroatoms. The normalized spacial score (nSPS) is 27.6. The van der Waals surface area contributed by atoms with Gasteiger partial charge in [-0.15, -0.1) is 0 Å². The predicted molar refractivity (Wildman–Crippen MR) is 85.2 cm³/mol. The summed E-state index contributed by atoms with van der Waals surface area (Å²) in [5, 5.41) is 1.74. The first-order chi connectivity index (χ1) is 10.3. The molecule has 21 heavy (non-hydrogen) atoms. The Hall–Kier alpha value is -1.88. The first kappa shape index (κ1) is 12.8. The van der Waals surface area contributed by atoms with Crippen LogP contribution in [0.4, 0.5) is 0 Å². The van der Waals surface area contributed by atoms with Crippen molar-refractivity contribution in [2.24, 2.45) is 4.99 Å². The Labute approximate surface area is 128 Å². The Balaban J connectivity index is 1.77. The van der Waals surface area contributed by atoms with Crippen LogP contribution in [0.25, 0.3) is 0 Å². The molecular formula is C16H16N4S. The number of aliphatic imine (C=N–C) groups is 1. The number of nitrogens with zero attached hydrogens (tertiary/aromatic N) is 4. The lowest BCUT2D eigenvalue weighted by molar-refractivity contribution is 0.320. The van der Waals surface area contributed by atoms with Crippen molar-refractivity contribution in [3.8, 4) is 0 Å². The van der Waals surface area contributed by atoms with Gasteiger partial charge in [-0.2, -0.15) is 0 Å². The molecule has 0 radical (unpaired) electrons. The quantitative estimate of drug-likeness (QED) is 0.854. The molecule has 4 rings (SSSR count). The van der Waals surface area contributed by atoms with E-state index in [0.717, 1.165) is 17.4 Å². The van der Waals surface area contributed by atoms with Crippen LogP contribution >= 0.6 is 11.8 Å². The highest BCUT2D eigenvalue weighted by Gasteiger charge is 2.43. The summed E-state index contributed by atoms with van der Waals surface area (Å²) in [4.78, 5) is 16.2. The van der Waals surface area contributed by atoms with Gasteiger partial charge in [-0.05, 0) is 23.8 Å². The van der Waals surface area contributed by atoms with Gasteiger partial charge in [0.05, 0.1) is 11.7 Å². The molecule has 0 bridgehead atoms. The van der Waals surface area contributed by atoms with Crippen LogP contribution in [-0.4, -0.2) is 31.8 Å². The van der Waals surface area contributed by atoms with Gasteiger partial charge in [0.2, 0.25) is 0 Å². The van der Waals surface area contributed by atoms with E-state index in [0.29, 0.717) is 5.25 Å². The summed E-state index contributed by atoms with van der Waals surface area (Å²) in [6.07, 6.45) is 5.61. The minimum Gasteiger partial charge on any atom is -0.341 e. The van der Waals surface area contributed by atoms with Gasteiger partial charge >= 0.3 is 0 Å². The number of thioether (sulfide) groups is 1. The van der Waals surface area contributed by atoms with Crippen molar-refractivity contribution in [2.75, 3.05) is 6.54 Å². The number of amidine groups is 1. The Morgan fingerprint density at radius 3 is 2.90 bits per heavy atom. The monoisotopic (exact) mass is 296 g/mol.